The van der Waals surface area contributed by atoms with Crippen molar-refractivity contribution in [1.29, 1.82) is 0 Å². The van der Waals surface area contributed by atoms with Gasteiger partial charge in [0.05, 0.1) is 23.2 Å². The fourth-order valence-electron chi connectivity index (χ4n) is 4.50. The number of aromatic nitrogens is 2. The lowest BCUT2D eigenvalue weighted by molar-refractivity contribution is 0.107. The molecule has 1 aliphatic rings. The molecule has 4 rings (SSSR count). The minimum atomic E-state index is -0.324. The number of halogens is 1. The smallest absolute Gasteiger partial charge is 0.123 e. The van der Waals surface area contributed by atoms with Crippen LogP contribution in [-0.4, -0.2) is 50.4 Å². The summed E-state index contributed by atoms with van der Waals surface area (Å²) in [5, 5.41) is 15.3. The molecule has 3 aromatic rings. The van der Waals surface area contributed by atoms with Crippen molar-refractivity contribution in [2.75, 3.05) is 19.6 Å². The monoisotopic (exact) mass is 450 g/mol. The zero-order chi connectivity index (χ0) is 23.4. The first-order valence-corrected chi connectivity index (χ1v) is 12.0. The van der Waals surface area contributed by atoms with Crippen LogP contribution in [0.3, 0.4) is 0 Å². The van der Waals surface area contributed by atoms with Crippen LogP contribution >= 0.6 is 0 Å². The molecule has 0 amide bonds. The molecule has 0 radical (unpaired) electrons. The summed E-state index contributed by atoms with van der Waals surface area (Å²) >= 11 is 0. The molecule has 0 bridgehead atoms. The number of hydrogen-bond donors (Lipinski definition) is 1. The summed E-state index contributed by atoms with van der Waals surface area (Å²) in [6.45, 7) is 11.0. The maximum absolute atomic E-state index is 13.3. The van der Waals surface area contributed by atoms with E-state index in [1.54, 1.807) is 0 Å². The van der Waals surface area contributed by atoms with Crippen molar-refractivity contribution in [3.05, 3.63) is 82.4 Å². The average molecular weight is 451 g/mol. The zero-order valence-electron chi connectivity index (χ0n) is 20.0. The molecule has 0 spiro atoms. The minimum Gasteiger partial charge on any atom is -0.392 e. The zero-order valence-corrected chi connectivity index (χ0v) is 20.0. The molecule has 1 atom stereocenters. The van der Waals surface area contributed by atoms with Crippen LogP contribution in [0, 0.1) is 12.7 Å². The van der Waals surface area contributed by atoms with Gasteiger partial charge in [-0.2, -0.15) is 5.10 Å². The van der Waals surface area contributed by atoms with E-state index in [9.17, 15) is 9.50 Å². The average Bonchev–Trinajstić information content (AvgIpc) is 3.18. The van der Waals surface area contributed by atoms with E-state index >= 15 is 0 Å². The predicted octanol–water partition coefficient (Wildman–Crippen LogP) is 4.47. The fraction of sp³-hybridized carbons (Fsp3) is 0.444. The Morgan fingerprint density at radius 2 is 1.82 bits per heavy atom. The van der Waals surface area contributed by atoms with Gasteiger partial charge in [0.2, 0.25) is 0 Å². The van der Waals surface area contributed by atoms with Gasteiger partial charge < -0.3 is 5.11 Å². The highest BCUT2D eigenvalue weighted by molar-refractivity contribution is 5.40. The quantitative estimate of drug-likeness (QED) is 0.522. The Hall–Kier alpha value is -2.54. The van der Waals surface area contributed by atoms with E-state index in [1.165, 1.54) is 29.0 Å². The largest absolute Gasteiger partial charge is 0.392 e. The predicted molar refractivity (Wildman–Crippen MR) is 130 cm³/mol. The number of rotatable bonds is 9. The third-order valence-corrected chi connectivity index (χ3v) is 6.58. The second-order valence-corrected chi connectivity index (χ2v) is 9.10. The van der Waals surface area contributed by atoms with Gasteiger partial charge in [-0.1, -0.05) is 43.7 Å². The summed E-state index contributed by atoms with van der Waals surface area (Å²) in [4.78, 5) is 4.69. The summed E-state index contributed by atoms with van der Waals surface area (Å²) in [5.41, 5.74) is 7.08. The third-order valence-electron chi connectivity index (χ3n) is 6.58. The topological polar surface area (TPSA) is 44.5 Å². The Morgan fingerprint density at radius 1 is 1.09 bits per heavy atom. The van der Waals surface area contributed by atoms with Crippen molar-refractivity contribution in [2.45, 2.75) is 59.4 Å². The molecule has 0 saturated heterocycles. The van der Waals surface area contributed by atoms with E-state index in [-0.39, 0.29) is 11.9 Å². The van der Waals surface area contributed by atoms with Gasteiger partial charge in [-0.3, -0.25) is 9.80 Å². The first-order chi connectivity index (χ1) is 16.0. The van der Waals surface area contributed by atoms with Crippen molar-refractivity contribution in [2.24, 2.45) is 0 Å². The molecule has 1 N–H and O–H groups in total. The molecule has 0 saturated carbocycles. The maximum atomic E-state index is 13.3. The lowest BCUT2D eigenvalue weighted by Crippen LogP contribution is -2.33. The van der Waals surface area contributed by atoms with Gasteiger partial charge in [-0.25, -0.2) is 9.07 Å². The molecule has 2 aromatic carbocycles. The summed E-state index contributed by atoms with van der Waals surface area (Å²) in [6.07, 6.45) is 1.34. The van der Waals surface area contributed by atoms with Gasteiger partial charge in [0.25, 0.3) is 0 Å². The lowest BCUT2D eigenvalue weighted by Gasteiger charge is -2.28. The molecule has 6 heteroatoms. The standard InChI is InChI=1S/C27H35FN4O/c1-4-24(33)17-30(5-2)19-26-25-18-31(16-21-8-10-22(28)11-9-21)15-14-27(25)32(29-26)23-12-6-20(3)7-13-23/h6-13,24,33H,4-5,14-19H2,1-3H3/t24-/m0/s1. The molecule has 2 heterocycles. The van der Waals surface area contributed by atoms with Gasteiger partial charge in [-0.05, 0) is 49.7 Å². The van der Waals surface area contributed by atoms with E-state index in [0.717, 1.165) is 62.5 Å². The highest BCUT2D eigenvalue weighted by atomic mass is 19.1. The molecular formula is C27H35FN4O. The van der Waals surface area contributed by atoms with E-state index in [0.29, 0.717) is 6.54 Å². The molecule has 0 aliphatic carbocycles. The fourth-order valence-corrected chi connectivity index (χ4v) is 4.50. The van der Waals surface area contributed by atoms with E-state index in [4.69, 9.17) is 5.10 Å². The van der Waals surface area contributed by atoms with Crippen LogP contribution in [0.25, 0.3) is 5.69 Å². The Morgan fingerprint density at radius 3 is 2.48 bits per heavy atom. The number of fused-ring (bicyclic) bond motifs is 1. The summed E-state index contributed by atoms with van der Waals surface area (Å²) in [7, 11) is 0. The Labute approximate surface area is 196 Å². The van der Waals surface area contributed by atoms with Gasteiger partial charge in [0.15, 0.2) is 0 Å². The van der Waals surface area contributed by atoms with Crippen LogP contribution < -0.4 is 0 Å². The Balaban J connectivity index is 1.62. The van der Waals surface area contributed by atoms with Crippen molar-refractivity contribution >= 4 is 0 Å². The van der Waals surface area contributed by atoms with Crippen LogP contribution in [-0.2, 0) is 26.1 Å². The van der Waals surface area contributed by atoms with E-state index < -0.39 is 0 Å². The molecule has 0 unspecified atom stereocenters. The number of aliphatic hydroxyl groups excluding tert-OH is 1. The van der Waals surface area contributed by atoms with Gasteiger partial charge in [0.1, 0.15) is 5.82 Å². The summed E-state index contributed by atoms with van der Waals surface area (Å²) in [5.74, 6) is -0.199. The second-order valence-electron chi connectivity index (χ2n) is 9.10. The Kier molecular flexibility index (Phi) is 7.58. The molecule has 33 heavy (non-hydrogen) atoms. The van der Waals surface area contributed by atoms with Gasteiger partial charge in [0, 0.05) is 44.7 Å². The third kappa shape index (κ3) is 5.69. The van der Waals surface area contributed by atoms with Crippen LogP contribution in [0.1, 0.15) is 48.3 Å². The SMILES string of the molecule is CC[C@H](O)CN(CC)Cc1nn(-c2ccc(C)cc2)c2c1CN(Cc1ccc(F)cc1)CC2. The highest BCUT2D eigenvalue weighted by Crippen LogP contribution is 2.27. The van der Waals surface area contributed by atoms with Crippen LogP contribution in [0.2, 0.25) is 0 Å². The summed E-state index contributed by atoms with van der Waals surface area (Å²) in [6, 6.07) is 15.3. The number of hydrogen-bond acceptors (Lipinski definition) is 4. The van der Waals surface area contributed by atoms with Crippen molar-refractivity contribution in [3.63, 3.8) is 0 Å². The Bertz CT molecular complexity index is 1050. The van der Waals surface area contributed by atoms with E-state index in [2.05, 4.69) is 52.6 Å². The van der Waals surface area contributed by atoms with Gasteiger partial charge >= 0.3 is 0 Å². The van der Waals surface area contributed by atoms with E-state index in [1.807, 2.05) is 19.1 Å². The number of nitrogens with zero attached hydrogens (tertiary/aromatic N) is 4. The van der Waals surface area contributed by atoms with Crippen molar-refractivity contribution < 1.29 is 9.50 Å². The number of aryl methyl sites for hydroxylation is 1. The van der Waals surface area contributed by atoms with Crippen molar-refractivity contribution in [1.82, 2.24) is 19.6 Å². The van der Waals surface area contributed by atoms with Crippen LogP contribution in [0.15, 0.2) is 48.5 Å². The lowest BCUT2D eigenvalue weighted by atomic mass is 10.0. The van der Waals surface area contributed by atoms with Gasteiger partial charge in [-0.15, -0.1) is 0 Å². The highest BCUT2D eigenvalue weighted by Gasteiger charge is 2.26. The van der Waals surface area contributed by atoms with Crippen LogP contribution in [0.4, 0.5) is 4.39 Å². The van der Waals surface area contributed by atoms with Crippen molar-refractivity contribution in [3.8, 4) is 5.69 Å². The molecule has 176 valence electrons. The minimum absolute atomic E-state index is 0.199. The number of likely N-dealkylation sites (N-methyl/N-ethyl adjacent to an activating group) is 1. The molecule has 1 aromatic heterocycles. The van der Waals surface area contributed by atoms with Crippen LogP contribution in [0.5, 0.6) is 0 Å². The normalized spacial score (nSPS) is 15.1. The number of aliphatic hydroxyl groups is 1. The summed E-state index contributed by atoms with van der Waals surface area (Å²) < 4.78 is 15.4. The first kappa shape index (κ1) is 23.6. The second kappa shape index (κ2) is 10.6. The maximum Gasteiger partial charge on any atom is 0.123 e. The number of benzene rings is 2. The molecule has 5 nitrogen and oxygen atoms in total. The molecular weight excluding hydrogens is 415 g/mol. The molecule has 1 aliphatic heterocycles. The molecule has 0 fully saturated rings. The first-order valence-electron chi connectivity index (χ1n) is 12.0.